The van der Waals surface area contributed by atoms with Crippen LogP contribution in [0.5, 0.6) is 11.5 Å². The first-order valence-electron chi connectivity index (χ1n) is 5.79. The molecular formula is C14H14N2O3. The van der Waals surface area contributed by atoms with Crippen LogP contribution >= 0.6 is 0 Å². The fourth-order valence-corrected chi connectivity index (χ4v) is 1.68. The quantitative estimate of drug-likeness (QED) is 0.732. The minimum Gasteiger partial charge on any atom is -0.504 e. The van der Waals surface area contributed by atoms with E-state index in [1.54, 1.807) is 6.20 Å². The Morgan fingerprint density at radius 2 is 2.05 bits per heavy atom. The third-order valence-corrected chi connectivity index (χ3v) is 2.79. The van der Waals surface area contributed by atoms with Crippen LogP contribution in [0.4, 0.5) is 0 Å². The molecule has 0 saturated heterocycles. The first kappa shape index (κ1) is 12.9. The Kier molecular flexibility index (Phi) is 3.66. The molecule has 5 heteroatoms. The molecule has 3 N–H and O–H groups in total. The van der Waals surface area contributed by atoms with E-state index < -0.39 is 11.7 Å². The number of nitrogens with zero attached hydrogens (tertiary/aromatic N) is 1. The van der Waals surface area contributed by atoms with E-state index in [4.69, 9.17) is 0 Å². The highest BCUT2D eigenvalue weighted by Crippen LogP contribution is 2.27. The predicted molar refractivity (Wildman–Crippen MR) is 69.9 cm³/mol. The van der Waals surface area contributed by atoms with E-state index in [2.05, 4.69) is 10.3 Å². The first-order chi connectivity index (χ1) is 9.09. The zero-order valence-electron chi connectivity index (χ0n) is 10.4. The number of hydrogen-bond acceptors (Lipinski definition) is 4. The highest BCUT2D eigenvalue weighted by Gasteiger charge is 2.13. The minimum atomic E-state index is -0.460. The molecule has 0 aliphatic rings. The van der Waals surface area contributed by atoms with E-state index >= 15 is 0 Å². The van der Waals surface area contributed by atoms with E-state index in [-0.39, 0.29) is 17.9 Å². The van der Waals surface area contributed by atoms with Crippen molar-refractivity contribution in [2.75, 3.05) is 0 Å². The summed E-state index contributed by atoms with van der Waals surface area (Å²) in [5.74, 6) is -1.20. The van der Waals surface area contributed by atoms with E-state index in [0.717, 1.165) is 11.3 Å². The number of carbonyl (C=O) groups excluding carboxylic acids is 1. The number of aromatic hydroxyl groups is 2. The molecule has 2 aromatic rings. The summed E-state index contributed by atoms with van der Waals surface area (Å²) in [4.78, 5) is 16.0. The lowest BCUT2D eigenvalue weighted by atomic mass is 10.1. The van der Waals surface area contributed by atoms with Gasteiger partial charge in [0.05, 0.1) is 17.8 Å². The number of para-hydroxylation sites is 1. The normalized spacial score (nSPS) is 10.2. The first-order valence-corrected chi connectivity index (χ1v) is 5.79. The third-order valence-electron chi connectivity index (χ3n) is 2.79. The van der Waals surface area contributed by atoms with E-state index in [1.165, 1.54) is 18.2 Å². The Bertz CT molecular complexity index is 611. The van der Waals surface area contributed by atoms with Gasteiger partial charge in [0.2, 0.25) is 0 Å². The molecule has 0 aliphatic heterocycles. The van der Waals surface area contributed by atoms with Crippen LogP contribution in [0.3, 0.4) is 0 Å². The largest absolute Gasteiger partial charge is 0.504 e. The summed E-state index contributed by atoms with van der Waals surface area (Å²) < 4.78 is 0. The molecule has 19 heavy (non-hydrogen) atoms. The maximum Gasteiger partial charge on any atom is 0.255 e. The molecule has 0 saturated carbocycles. The fourth-order valence-electron chi connectivity index (χ4n) is 1.68. The number of aryl methyl sites for hydroxylation is 1. The standard InChI is InChI=1S/C14H14N2O3/c1-9-4-3-7-15-11(9)8-16-14(19)10-5-2-6-12(17)13(10)18/h2-7,17-18H,8H2,1H3,(H,16,19). The second-order valence-corrected chi connectivity index (χ2v) is 4.12. The van der Waals surface area contributed by atoms with Gasteiger partial charge in [0.15, 0.2) is 11.5 Å². The van der Waals surface area contributed by atoms with E-state index in [0.29, 0.717) is 0 Å². The third kappa shape index (κ3) is 2.82. The summed E-state index contributed by atoms with van der Waals surface area (Å²) in [6.07, 6.45) is 1.65. The highest BCUT2D eigenvalue weighted by molar-refractivity contribution is 5.97. The fraction of sp³-hybridized carbons (Fsp3) is 0.143. The number of carbonyl (C=O) groups is 1. The predicted octanol–water partition coefficient (Wildman–Crippen LogP) is 1.73. The van der Waals surface area contributed by atoms with Crippen LogP contribution in [-0.4, -0.2) is 21.1 Å². The lowest BCUT2D eigenvalue weighted by Gasteiger charge is -2.08. The monoisotopic (exact) mass is 258 g/mol. The van der Waals surface area contributed by atoms with Gasteiger partial charge >= 0.3 is 0 Å². The zero-order chi connectivity index (χ0) is 13.8. The summed E-state index contributed by atoms with van der Waals surface area (Å²) in [7, 11) is 0. The second-order valence-electron chi connectivity index (χ2n) is 4.12. The van der Waals surface area contributed by atoms with Crippen LogP contribution in [0, 0.1) is 6.92 Å². The summed E-state index contributed by atoms with van der Waals surface area (Å²) in [5, 5.41) is 21.6. The maximum atomic E-state index is 11.9. The molecular weight excluding hydrogens is 244 g/mol. The SMILES string of the molecule is Cc1cccnc1CNC(=O)c1cccc(O)c1O. The van der Waals surface area contributed by atoms with Crippen molar-refractivity contribution in [3.63, 3.8) is 0 Å². The van der Waals surface area contributed by atoms with Gasteiger partial charge in [0.1, 0.15) is 0 Å². The molecule has 1 aromatic heterocycles. The number of benzene rings is 1. The Hall–Kier alpha value is -2.56. The molecule has 0 aliphatic carbocycles. The van der Waals surface area contributed by atoms with Gasteiger partial charge in [-0.05, 0) is 30.7 Å². The van der Waals surface area contributed by atoms with E-state index in [1.807, 2.05) is 19.1 Å². The van der Waals surface area contributed by atoms with Crippen LogP contribution in [0.25, 0.3) is 0 Å². The van der Waals surface area contributed by atoms with Crippen molar-refractivity contribution in [2.24, 2.45) is 0 Å². The smallest absolute Gasteiger partial charge is 0.255 e. The molecule has 0 radical (unpaired) electrons. The van der Waals surface area contributed by atoms with Crippen molar-refractivity contribution in [1.29, 1.82) is 0 Å². The van der Waals surface area contributed by atoms with Crippen LogP contribution in [0.1, 0.15) is 21.6 Å². The molecule has 0 unspecified atom stereocenters. The van der Waals surface area contributed by atoms with Crippen molar-refractivity contribution in [2.45, 2.75) is 13.5 Å². The number of aromatic nitrogens is 1. The highest BCUT2D eigenvalue weighted by atomic mass is 16.3. The van der Waals surface area contributed by atoms with Gasteiger partial charge in [-0.15, -0.1) is 0 Å². The van der Waals surface area contributed by atoms with Crippen LogP contribution in [-0.2, 0) is 6.54 Å². The number of nitrogens with one attached hydrogen (secondary N) is 1. The Morgan fingerprint density at radius 1 is 1.26 bits per heavy atom. The molecule has 0 spiro atoms. The van der Waals surface area contributed by atoms with Crippen molar-refractivity contribution < 1.29 is 15.0 Å². The van der Waals surface area contributed by atoms with Crippen LogP contribution in [0.2, 0.25) is 0 Å². The number of amides is 1. The zero-order valence-corrected chi connectivity index (χ0v) is 10.4. The van der Waals surface area contributed by atoms with Gasteiger partial charge in [-0.3, -0.25) is 9.78 Å². The van der Waals surface area contributed by atoms with Gasteiger partial charge in [0, 0.05) is 6.20 Å². The molecule has 98 valence electrons. The van der Waals surface area contributed by atoms with Gasteiger partial charge in [-0.2, -0.15) is 0 Å². The number of phenolic OH excluding ortho intramolecular Hbond substituents is 2. The topological polar surface area (TPSA) is 82.5 Å². The van der Waals surface area contributed by atoms with E-state index in [9.17, 15) is 15.0 Å². The van der Waals surface area contributed by atoms with Gasteiger partial charge in [0.25, 0.3) is 5.91 Å². The molecule has 1 amide bonds. The number of hydrogen-bond donors (Lipinski definition) is 3. The van der Waals surface area contributed by atoms with Crippen LogP contribution in [0.15, 0.2) is 36.5 Å². The molecule has 0 atom stereocenters. The summed E-state index contributed by atoms with van der Waals surface area (Å²) in [5.41, 5.74) is 1.77. The summed E-state index contributed by atoms with van der Waals surface area (Å²) in [6, 6.07) is 7.97. The maximum absolute atomic E-state index is 11.9. The van der Waals surface area contributed by atoms with Crippen molar-refractivity contribution >= 4 is 5.91 Å². The lowest BCUT2D eigenvalue weighted by Crippen LogP contribution is -2.23. The molecule has 1 heterocycles. The van der Waals surface area contributed by atoms with Crippen LogP contribution < -0.4 is 5.32 Å². The Balaban J connectivity index is 2.10. The Labute approximate surface area is 110 Å². The molecule has 0 bridgehead atoms. The summed E-state index contributed by atoms with van der Waals surface area (Å²) in [6.45, 7) is 2.17. The molecule has 1 aromatic carbocycles. The van der Waals surface area contributed by atoms with Crippen molar-refractivity contribution in [3.8, 4) is 11.5 Å². The minimum absolute atomic E-state index is 0.0357. The molecule has 5 nitrogen and oxygen atoms in total. The van der Waals surface area contributed by atoms with Gasteiger partial charge < -0.3 is 15.5 Å². The second kappa shape index (κ2) is 5.39. The van der Waals surface area contributed by atoms with Crippen molar-refractivity contribution in [3.05, 3.63) is 53.3 Å². The number of rotatable bonds is 3. The average molecular weight is 258 g/mol. The average Bonchev–Trinajstić information content (AvgIpc) is 2.40. The number of phenols is 2. The van der Waals surface area contributed by atoms with Crippen molar-refractivity contribution in [1.82, 2.24) is 10.3 Å². The molecule has 0 fully saturated rings. The lowest BCUT2D eigenvalue weighted by molar-refractivity contribution is 0.0947. The molecule has 2 rings (SSSR count). The summed E-state index contributed by atoms with van der Waals surface area (Å²) >= 11 is 0. The number of pyridine rings is 1. The van der Waals surface area contributed by atoms with Gasteiger partial charge in [-0.1, -0.05) is 12.1 Å². The van der Waals surface area contributed by atoms with Gasteiger partial charge in [-0.25, -0.2) is 0 Å². The Morgan fingerprint density at radius 3 is 2.79 bits per heavy atom.